The minimum atomic E-state index is -0.758. The molecule has 0 saturated carbocycles. The van der Waals surface area contributed by atoms with E-state index in [0.717, 1.165) is 11.5 Å². The summed E-state index contributed by atoms with van der Waals surface area (Å²) in [5.74, 6) is -0.0102. The van der Waals surface area contributed by atoms with Gasteiger partial charge in [-0.1, -0.05) is 0 Å². The lowest BCUT2D eigenvalue weighted by molar-refractivity contribution is -0.137. The van der Waals surface area contributed by atoms with Gasteiger partial charge in [0, 0.05) is 25.2 Å². The number of hydrogen-bond acceptors (Lipinski definition) is 4. The third kappa shape index (κ3) is 4.84. The standard InChI is InChI=1S/C11H17N3O2/c1-8(3-4-11(15)16)13-7-10-5-6-12-9(2)14-10/h5-6,8,13H,3-4,7H2,1-2H3,(H,15,16). The molecule has 0 aromatic carbocycles. The fraction of sp³-hybridized carbons (Fsp3) is 0.545. The van der Waals surface area contributed by atoms with Crippen molar-refractivity contribution in [2.45, 2.75) is 39.3 Å². The fourth-order valence-corrected chi connectivity index (χ4v) is 1.32. The first-order chi connectivity index (χ1) is 7.58. The Morgan fingerprint density at radius 3 is 3.00 bits per heavy atom. The highest BCUT2D eigenvalue weighted by atomic mass is 16.4. The molecule has 1 atom stereocenters. The van der Waals surface area contributed by atoms with Crippen molar-refractivity contribution < 1.29 is 9.90 Å². The maximum atomic E-state index is 10.4. The normalized spacial score (nSPS) is 12.4. The van der Waals surface area contributed by atoms with Gasteiger partial charge < -0.3 is 10.4 Å². The number of carbonyl (C=O) groups is 1. The number of hydrogen-bond donors (Lipinski definition) is 2. The van der Waals surface area contributed by atoms with Gasteiger partial charge in [-0.25, -0.2) is 9.97 Å². The average Bonchev–Trinajstić information content (AvgIpc) is 2.23. The number of nitrogens with one attached hydrogen (secondary N) is 1. The monoisotopic (exact) mass is 223 g/mol. The zero-order valence-corrected chi connectivity index (χ0v) is 9.60. The van der Waals surface area contributed by atoms with E-state index >= 15 is 0 Å². The molecule has 0 fully saturated rings. The molecule has 0 bridgehead atoms. The molecule has 1 unspecified atom stereocenters. The Morgan fingerprint density at radius 1 is 1.62 bits per heavy atom. The first-order valence-electron chi connectivity index (χ1n) is 5.31. The molecule has 0 saturated heterocycles. The van der Waals surface area contributed by atoms with Crippen molar-refractivity contribution in [2.24, 2.45) is 0 Å². The Hall–Kier alpha value is -1.49. The summed E-state index contributed by atoms with van der Waals surface area (Å²) < 4.78 is 0. The van der Waals surface area contributed by atoms with Crippen LogP contribution in [0.1, 0.15) is 31.3 Å². The number of carboxylic acid groups (broad SMARTS) is 1. The Balaban J connectivity index is 2.31. The summed E-state index contributed by atoms with van der Waals surface area (Å²) in [6, 6.07) is 2.02. The molecule has 1 rings (SSSR count). The van der Waals surface area contributed by atoms with Crippen LogP contribution in [0.25, 0.3) is 0 Å². The molecular formula is C11H17N3O2. The van der Waals surface area contributed by atoms with Crippen molar-refractivity contribution >= 4 is 5.97 Å². The molecule has 5 heteroatoms. The number of aliphatic carboxylic acids is 1. The highest BCUT2D eigenvalue weighted by Gasteiger charge is 2.05. The Bertz CT molecular complexity index is 355. The zero-order chi connectivity index (χ0) is 12.0. The third-order valence-corrected chi connectivity index (χ3v) is 2.26. The van der Waals surface area contributed by atoms with Crippen molar-refractivity contribution in [1.29, 1.82) is 0 Å². The number of aromatic nitrogens is 2. The van der Waals surface area contributed by atoms with Gasteiger partial charge in [-0.2, -0.15) is 0 Å². The minimum Gasteiger partial charge on any atom is -0.481 e. The van der Waals surface area contributed by atoms with Crippen LogP contribution in [-0.4, -0.2) is 27.1 Å². The molecular weight excluding hydrogens is 206 g/mol. The first kappa shape index (κ1) is 12.6. The van der Waals surface area contributed by atoms with Crippen molar-refractivity contribution in [1.82, 2.24) is 15.3 Å². The number of nitrogens with zero attached hydrogens (tertiary/aromatic N) is 2. The topological polar surface area (TPSA) is 75.1 Å². The zero-order valence-electron chi connectivity index (χ0n) is 9.60. The molecule has 0 aliphatic heterocycles. The van der Waals surface area contributed by atoms with E-state index < -0.39 is 5.97 Å². The minimum absolute atomic E-state index is 0.173. The van der Waals surface area contributed by atoms with E-state index in [0.29, 0.717) is 13.0 Å². The largest absolute Gasteiger partial charge is 0.481 e. The predicted octanol–water partition coefficient (Wildman–Crippen LogP) is 1.13. The van der Waals surface area contributed by atoms with Crippen LogP contribution < -0.4 is 5.32 Å². The maximum Gasteiger partial charge on any atom is 0.303 e. The quantitative estimate of drug-likeness (QED) is 0.756. The lowest BCUT2D eigenvalue weighted by Crippen LogP contribution is -2.26. The number of carboxylic acids is 1. The van der Waals surface area contributed by atoms with E-state index in [1.54, 1.807) is 6.20 Å². The van der Waals surface area contributed by atoms with E-state index in [9.17, 15) is 4.79 Å². The van der Waals surface area contributed by atoms with Gasteiger partial charge in [-0.15, -0.1) is 0 Å². The summed E-state index contributed by atoms with van der Waals surface area (Å²) in [6.45, 7) is 4.46. The van der Waals surface area contributed by atoms with Crippen LogP contribution in [0.4, 0.5) is 0 Å². The van der Waals surface area contributed by atoms with E-state index in [2.05, 4.69) is 15.3 Å². The van der Waals surface area contributed by atoms with E-state index in [1.165, 1.54) is 0 Å². The van der Waals surface area contributed by atoms with Gasteiger partial charge in [0.25, 0.3) is 0 Å². The van der Waals surface area contributed by atoms with Crippen LogP contribution >= 0.6 is 0 Å². The molecule has 0 amide bonds. The summed E-state index contributed by atoms with van der Waals surface area (Å²) in [6.07, 6.45) is 2.54. The predicted molar refractivity (Wildman–Crippen MR) is 59.9 cm³/mol. The lowest BCUT2D eigenvalue weighted by Gasteiger charge is -2.12. The average molecular weight is 223 g/mol. The molecule has 1 heterocycles. The molecule has 0 radical (unpaired) electrons. The Kier molecular flexibility index (Phi) is 4.85. The highest BCUT2D eigenvalue weighted by molar-refractivity contribution is 5.66. The molecule has 88 valence electrons. The molecule has 2 N–H and O–H groups in total. The van der Waals surface area contributed by atoms with Crippen molar-refractivity contribution in [3.63, 3.8) is 0 Å². The molecule has 1 aromatic rings. The van der Waals surface area contributed by atoms with Crippen LogP contribution in [0, 0.1) is 6.92 Å². The van der Waals surface area contributed by atoms with E-state index in [1.807, 2.05) is 19.9 Å². The van der Waals surface area contributed by atoms with Crippen LogP contribution in [0.2, 0.25) is 0 Å². The SMILES string of the molecule is Cc1nccc(CNC(C)CCC(=O)O)n1. The second kappa shape index (κ2) is 6.17. The second-order valence-electron chi connectivity index (χ2n) is 3.81. The van der Waals surface area contributed by atoms with Gasteiger partial charge in [0.05, 0.1) is 5.69 Å². The third-order valence-electron chi connectivity index (χ3n) is 2.26. The summed E-state index contributed by atoms with van der Waals surface area (Å²) in [4.78, 5) is 18.6. The second-order valence-corrected chi connectivity index (χ2v) is 3.81. The molecule has 5 nitrogen and oxygen atoms in total. The van der Waals surface area contributed by atoms with Gasteiger partial charge >= 0.3 is 5.97 Å². The summed E-state index contributed by atoms with van der Waals surface area (Å²) in [7, 11) is 0. The summed E-state index contributed by atoms with van der Waals surface area (Å²) in [5, 5.41) is 11.8. The molecule has 1 aromatic heterocycles. The Morgan fingerprint density at radius 2 is 2.38 bits per heavy atom. The smallest absolute Gasteiger partial charge is 0.303 e. The van der Waals surface area contributed by atoms with Gasteiger partial charge in [-0.3, -0.25) is 4.79 Å². The van der Waals surface area contributed by atoms with Gasteiger partial charge in [-0.05, 0) is 26.3 Å². The molecule has 16 heavy (non-hydrogen) atoms. The van der Waals surface area contributed by atoms with Gasteiger partial charge in [0.1, 0.15) is 5.82 Å². The molecule has 0 spiro atoms. The van der Waals surface area contributed by atoms with Crippen LogP contribution in [0.15, 0.2) is 12.3 Å². The summed E-state index contributed by atoms with van der Waals surface area (Å²) in [5.41, 5.74) is 0.926. The number of aryl methyl sites for hydroxylation is 1. The number of rotatable bonds is 6. The van der Waals surface area contributed by atoms with Gasteiger partial charge in [0.15, 0.2) is 0 Å². The van der Waals surface area contributed by atoms with Crippen LogP contribution in [-0.2, 0) is 11.3 Å². The Labute approximate surface area is 94.9 Å². The van der Waals surface area contributed by atoms with E-state index in [4.69, 9.17) is 5.11 Å². The van der Waals surface area contributed by atoms with Crippen molar-refractivity contribution in [2.75, 3.05) is 0 Å². The highest BCUT2D eigenvalue weighted by Crippen LogP contribution is 1.99. The maximum absolute atomic E-state index is 10.4. The van der Waals surface area contributed by atoms with Crippen LogP contribution in [0.5, 0.6) is 0 Å². The van der Waals surface area contributed by atoms with E-state index in [-0.39, 0.29) is 12.5 Å². The van der Waals surface area contributed by atoms with Crippen LogP contribution in [0.3, 0.4) is 0 Å². The first-order valence-corrected chi connectivity index (χ1v) is 5.31. The van der Waals surface area contributed by atoms with Crippen molar-refractivity contribution in [3.8, 4) is 0 Å². The van der Waals surface area contributed by atoms with Gasteiger partial charge in [0.2, 0.25) is 0 Å². The lowest BCUT2D eigenvalue weighted by atomic mass is 10.2. The molecule has 0 aliphatic carbocycles. The fourth-order valence-electron chi connectivity index (χ4n) is 1.32. The molecule has 0 aliphatic rings. The summed E-state index contributed by atoms with van der Waals surface area (Å²) >= 11 is 0. The van der Waals surface area contributed by atoms with Crippen molar-refractivity contribution in [3.05, 3.63) is 23.8 Å².